The normalized spacial score (nSPS) is 16.2. The summed E-state index contributed by atoms with van der Waals surface area (Å²) in [4.78, 5) is 14.6. The lowest BCUT2D eigenvalue weighted by Gasteiger charge is -2.28. The third kappa shape index (κ3) is 6.09. The van der Waals surface area contributed by atoms with Crippen molar-refractivity contribution in [2.45, 2.75) is 30.6 Å². The molecular formula is C18H26N4O3S. The van der Waals surface area contributed by atoms with Crippen LogP contribution in [0.4, 0.5) is 0 Å². The van der Waals surface area contributed by atoms with Crippen molar-refractivity contribution >= 4 is 15.9 Å². The molecule has 7 nitrogen and oxygen atoms in total. The Labute approximate surface area is 155 Å². The van der Waals surface area contributed by atoms with E-state index < -0.39 is 10.0 Å². The minimum atomic E-state index is -3.65. The Kier molecular flexibility index (Phi) is 7.57. The zero-order chi connectivity index (χ0) is 19.0. The van der Waals surface area contributed by atoms with Gasteiger partial charge >= 0.3 is 0 Å². The number of carbonyl (C=O) groups excluding carboxylic acids is 1. The molecule has 2 N–H and O–H groups in total. The van der Waals surface area contributed by atoms with Crippen LogP contribution in [0.2, 0.25) is 0 Å². The van der Waals surface area contributed by atoms with Gasteiger partial charge in [-0.15, -0.1) is 0 Å². The molecule has 1 aliphatic rings. The molecule has 1 amide bonds. The Bertz CT molecular complexity index is 733. The zero-order valence-corrected chi connectivity index (χ0v) is 15.9. The average molecular weight is 378 g/mol. The van der Waals surface area contributed by atoms with Gasteiger partial charge in [0.25, 0.3) is 5.91 Å². The van der Waals surface area contributed by atoms with Gasteiger partial charge in [0.05, 0.1) is 11.0 Å². The molecule has 8 heteroatoms. The maximum absolute atomic E-state index is 12.2. The highest BCUT2D eigenvalue weighted by atomic mass is 32.2. The summed E-state index contributed by atoms with van der Waals surface area (Å²) in [6, 6.07) is 7.69. The molecule has 1 fully saturated rings. The van der Waals surface area contributed by atoms with Crippen molar-refractivity contribution in [2.24, 2.45) is 5.92 Å². The summed E-state index contributed by atoms with van der Waals surface area (Å²) in [5.41, 5.74) is 0.435. The minimum Gasteiger partial charge on any atom is -0.352 e. The van der Waals surface area contributed by atoms with Crippen molar-refractivity contribution in [1.82, 2.24) is 14.9 Å². The minimum absolute atomic E-state index is 0.0675. The Balaban J connectivity index is 1.81. The molecule has 142 valence electrons. The van der Waals surface area contributed by atoms with Crippen LogP contribution in [0, 0.1) is 17.2 Å². The van der Waals surface area contributed by atoms with E-state index in [1.165, 1.54) is 24.3 Å². The maximum atomic E-state index is 12.2. The smallest absolute Gasteiger partial charge is 0.251 e. The topological polar surface area (TPSA) is 102 Å². The highest BCUT2D eigenvalue weighted by molar-refractivity contribution is 7.89. The summed E-state index contributed by atoms with van der Waals surface area (Å²) in [5, 5.41) is 11.4. The van der Waals surface area contributed by atoms with Gasteiger partial charge in [0, 0.05) is 25.1 Å². The van der Waals surface area contributed by atoms with Gasteiger partial charge in [-0.05, 0) is 69.6 Å². The maximum Gasteiger partial charge on any atom is 0.251 e. The number of piperidine rings is 1. The molecule has 26 heavy (non-hydrogen) atoms. The van der Waals surface area contributed by atoms with E-state index in [9.17, 15) is 13.2 Å². The summed E-state index contributed by atoms with van der Waals surface area (Å²) in [5.74, 6) is 0.456. The summed E-state index contributed by atoms with van der Waals surface area (Å²) >= 11 is 0. The monoisotopic (exact) mass is 378 g/mol. The number of rotatable bonds is 8. The van der Waals surface area contributed by atoms with Crippen LogP contribution in [-0.4, -0.2) is 52.5 Å². The standard InChI is InChI=1S/C18H26N4O3S/c1-22-13-8-15(9-14-22)7-12-20-18(23)16-3-5-17(6-4-16)26(24,25)21-11-2-10-19/h3-6,15,21H,2,7-9,11-14H2,1H3,(H,20,23). The number of hydrogen-bond donors (Lipinski definition) is 2. The van der Waals surface area contributed by atoms with Crippen LogP contribution in [0.25, 0.3) is 0 Å². The van der Waals surface area contributed by atoms with Crippen LogP contribution >= 0.6 is 0 Å². The van der Waals surface area contributed by atoms with Crippen molar-refractivity contribution in [3.8, 4) is 6.07 Å². The predicted molar refractivity (Wildman–Crippen MR) is 99.0 cm³/mol. The summed E-state index contributed by atoms with van der Waals surface area (Å²) in [6.07, 6.45) is 3.40. The van der Waals surface area contributed by atoms with Gasteiger partial charge in [0.15, 0.2) is 0 Å². The quantitative estimate of drug-likeness (QED) is 0.665. The van der Waals surface area contributed by atoms with Crippen LogP contribution in [0.15, 0.2) is 29.2 Å². The Morgan fingerprint density at radius 1 is 1.23 bits per heavy atom. The fraction of sp³-hybridized carbons (Fsp3) is 0.556. The number of nitrogens with zero attached hydrogens (tertiary/aromatic N) is 2. The Morgan fingerprint density at radius 3 is 2.50 bits per heavy atom. The number of amides is 1. The van der Waals surface area contributed by atoms with E-state index in [1.807, 2.05) is 6.07 Å². The first-order valence-corrected chi connectivity index (χ1v) is 10.3. The van der Waals surface area contributed by atoms with Crippen LogP contribution in [0.1, 0.15) is 36.0 Å². The molecule has 1 saturated heterocycles. The van der Waals surface area contributed by atoms with Crippen molar-refractivity contribution in [3.05, 3.63) is 29.8 Å². The molecule has 0 atom stereocenters. The number of nitrogens with one attached hydrogen (secondary N) is 2. The first-order chi connectivity index (χ1) is 12.4. The summed E-state index contributed by atoms with van der Waals surface area (Å²) in [7, 11) is -1.52. The number of hydrogen-bond acceptors (Lipinski definition) is 5. The molecule has 1 aromatic carbocycles. The van der Waals surface area contributed by atoms with Crippen LogP contribution < -0.4 is 10.0 Å². The zero-order valence-electron chi connectivity index (χ0n) is 15.1. The van der Waals surface area contributed by atoms with E-state index in [0.29, 0.717) is 18.0 Å². The van der Waals surface area contributed by atoms with Crippen molar-refractivity contribution < 1.29 is 13.2 Å². The second-order valence-electron chi connectivity index (χ2n) is 6.62. The Morgan fingerprint density at radius 2 is 1.88 bits per heavy atom. The molecule has 1 heterocycles. The number of benzene rings is 1. The van der Waals surface area contributed by atoms with E-state index in [0.717, 1.165) is 32.4 Å². The molecule has 0 bridgehead atoms. The molecule has 0 aromatic heterocycles. The van der Waals surface area contributed by atoms with Gasteiger partial charge in [-0.3, -0.25) is 4.79 Å². The Hall–Kier alpha value is -1.95. The lowest BCUT2D eigenvalue weighted by atomic mass is 9.94. The third-order valence-corrected chi connectivity index (χ3v) is 6.11. The second kappa shape index (κ2) is 9.67. The first-order valence-electron chi connectivity index (χ1n) is 8.86. The average Bonchev–Trinajstić information content (AvgIpc) is 2.63. The van der Waals surface area contributed by atoms with Gasteiger partial charge < -0.3 is 10.2 Å². The fourth-order valence-corrected chi connectivity index (χ4v) is 3.98. The molecule has 0 saturated carbocycles. The van der Waals surface area contributed by atoms with E-state index in [-0.39, 0.29) is 23.8 Å². The van der Waals surface area contributed by atoms with Gasteiger partial charge in [-0.25, -0.2) is 13.1 Å². The van der Waals surface area contributed by atoms with Crippen molar-refractivity contribution in [2.75, 3.05) is 33.2 Å². The van der Waals surface area contributed by atoms with E-state index in [2.05, 4.69) is 22.0 Å². The molecule has 0 aliphatic carbocycles. The number of nitriles is 1. The molecule has 0 spiro atoms. The van der Waals surface area contributed by atoms with Crippen LogP contribution in [0.5, 0.6) is 0 Å². The van der Waals surface area contributed by atoms with Gasteiger partial charge in [0.2, 0.25) is 10.0 Å². The van der Waals surface area contributed by atoms with Crippen LogP contribution in [-0.2, 0) is 10.0 Å². The largest absolute Gasteiger partial charge is 0.352 e. The first kappa shape index (κ1) is 20.4. The van der Waals surface area contributed by atoms with Gasteiger partial charge in [-0.2, -0.15) is 5.26 Å². The van der Waals surface area contributed by atoms with Crippen molar-refractivity contribution in [1.29, 1.82) is 5.26 Å². The number of likely N-dealkylation sites (tertiary alicyclic amines) is 1. The second-order valence-corrected chi connectivity index (χ2v) is 8.39. The molecule has 1 aromatic rings. The number of sulfonamides is 1. The number of carbonyl (C=O) groups is 1. The summed E-state index contributed by atoms with van der Waals surface area (Å²) in [6.45, 7) is 2.91. The highest BCUT2D eigenvalue weighted by Crippen LogP contribution is 2.18. The summed E-state index contributed by atoms with van der Waals surface area (Å²) < 4.78 is 26.4. The molecule has 1 aliphatic heterocycles. The van der Waals surface area contributed by atoms with Crippen molar-refractivity contribution in [3.63, 3.8) is 0 Å². The molecule has 0 unspecified atom stereocenters. The lowest BCUT2D eigenvalue weighted by molar-refractivity contribution is 0.0949. The van der Waals surface area contributed by atoms with Gasteiger partial charge in [-0.1, -0.05) is 0 Å². The van der Waals surface area contributed by atoms with E-state index in [4.69, 9.17) is 5.26 Å². The molecule has 0 radical (unpaired) electrons. The third-order valence-electron chi connectivity index (χ3n) is 4.63. The fourth-order valence-electron chi connectivity index (χ4n) is 2.95. The lowest BCUT2D eigenvalue weighted by Crippen LogP contribution is -2.32. The van der Waals surface area contributed by atoms with E-state index >= 15 is 0 Å². The van der Waals surface area contributed by atoms with E-state index in [1.54, 1.807) is 0 Å². The predicted octanol–water partition coefficient (Wildman–Crippen LogP) is 1.34. The van der Waals surface area contributed by atoms with Gasteiger partial charge in [0.1, 0.15) is 0 Å². The SMILES string of the molecule is CN1CCC(CCNC(=O)c2ccc(S(=O)(=O)NCCC#N)cc2)CC1. The molecule has 2 rings (SSSR count). The molecular weight excluding hydrogens is 352 g/mol. The van der Waals surface area contributed by atoms with Crippen LogP contribution in [0.3, 0.4) is 0 Å². The highest BCUT2D eigenvalue weighted by Gasteiger charge is 2.17.